The third-order valence-electron chi connectivity index (χ3n) is 6.26. The Labute approximate surface area is 210 Å². The lowest BCUT2D eigenvalue weighted by Gasteiger charge is -2.24. The Bertz CT molecular complexity index is 1410. The Hall–Kier alpha value is -3.83. The molecule has 2 amide bonds. The maximum Gasteiger partial charge on any atom is 0.259 e. The molecule has 0 aromatic heterocycles. The van der Waals surface area contributed by atoms with Gasteiger partial charge in [-0.1, -0.05) is 78.0 Å². The van der Waals surface area contributed by atoms with Gasteiger partial charge in [0.25, 0.3) is 11.8 Å². The molecule has 0 aliphatic carbocycles. The third-order valence-corrected chi connectivity index (χ3v) is 7.40. The molecular formula is C30H26N2O2S. The van der Waals surface area contributed by atoms with Crippen LogP contribution in [0.25, 0.3) is 0 Å². The number of anilines is 1. The summed E-state index contributed by atoms with van der Waals surface area (Å²) in [7, 11) is 0. The van der Waals surface area contributed by atoms with E-state index in [1.165, 1.54) is 5.56 Å². The monoisotopic (exact) mass is 478 g/mol. The molecule has 0 saturated heterocycles. The van der Waals surface area contributed by atoms with E-state index in [1.807, 2.05) is 91.9 Å². The highest BCUT2D eigenvalue weighted by Gasteiger charge is 2.28. The predicted molar refractivity (Wildman–Crippen MR) is 141 cm³/mol. The Morgan fingerprint density at radius 1 is 0.857 bits per heavy atom. The lowest BCUT2D eigenvalue weighted by Crippen LogP contribution is -2.31. The van der Waals surface area contributed by atoms with Crippen LogP contribution in [0, 0.1) is 13.8 Å². The van der Waals surface area contributed by atoms with Crippen molar-refractivity contribution in [3.8, 4) is 0 Å². The fourth-order valence-electron chi connectivity index (χ4n) is 4.17. The third kappa shape index (κ3) is 4.86. The minimum atomic E-state index is -0.163. The van der Waals surface area contributed by atoms with E-state index < -0.39 is 0 Å². The second-order valence-corrected chi connectivity index (χ2v) is 9.85. The highest BCUT2D eigenvalue weighted by molar-refractivity contribution is 7.99. The fourth-order valence-corrected chi connectivity index (χ4v) is 5.23. The number of benzene rings is 4. The van der Waals surface area contributed by atoms with Gasteiger partial charge in [-0.05, 0) is 60.9 Å². The number of hydrogen-bond acceptors (Lipinski definition) is 3. The molecule has 1 aliphatic heterocycles. The summed E-state index contributed by atoms with van der Waals surface area (Å²) in [6.45, 7) is 4.97. The Balaban J connectivity index is 1.49. The molecule has 174 valence electrons. The van der Waals surface area contributed by atoms with Gasteiger partial charge in [0.15, 0.2) is 0 Å². The molecular weight excluding hydrogens is 452 g/mol. The number of fused-ring (bicyclic) bond motifs is 2. The van der Waals surface area contributed by atoms with E-state index in [2.05, 4.69) is 18.3 Å². The van der Waals surface area contributed by atoms with Gasteiger partial charge in [-0.25, -0.2) is 0 Å². The molecule has 4 aromatic carbocycles. The van der Waals surface area contributed by atoms with E-state index in [1.54, 1.807) is 16.7 Å². The van der Waals surface area contributed by atoms with Gasteiger partial charge >= 0.3 is 0 Å². The number of rotatable bonds is 5. The van der Waals surface area contributed by atoms with E-state index in [4.69, 9.17) is 0 Å². The average molecular weight is 479 g/mol. The average Bonchev–Trinajstić information content (AvgIpc) is 2.99. The molecule has 35 heavy (non-hydrogen) atoms. The van der Waals surface area contributed by atoms with Crippen molar-refractivity contribution < 1.29 is 9.59 Å². The number of nitrogens with one attached hydrogen (secondary N) is 1. The zero-order chi connectivity index (χ0) is 24.4. The molecule has 1 N–H and O–H groups in total. The van der Waals surface area contributed by atoms with E-state index in [0.29, 0.717) is 24.2 Å². The van der Waals surface area contributed by atoms with Crippen molar-refractivity contribution in [1.82, 2.24) is 5.32 Å². The first kappa shape index (κ1) is 22.9. The van der Waals surface area contributed by atoms with Gasteiger partial charge in [0.1, 0.15) is 0 Å². The summed E-state index contributed by atoms with van der Waals surface area (Å²) in [4.78, 5) is 30.5. The van der Waals surface area contributed by atoms with Crippen molar-refractivity contribution in [1.29, 1.82) is 0 Å². The van der Waals surface area contributed by atoms with E-state index in [0.717, 1.165) is 32.2 Å². The maximum absolute atomic E-state index is 13.7. The van der Waals surface area contributed by atoms with Gasteiger partial charge in [0, 0.05) is 21.9 Å². The van der Waals surface area contributed by atoms with Gasteiger partial charge in [-0.15, -0.1) is 0 Å². The minimum Gasteiger partial charge on any atom is -0.348 e. The Morgan fingerprint density at radius 2 is 1.60 bits per heavy atom. The van der Waals surface area contributed by atoms with Crippen LogP contribution in [0.15, 0.2) is 101 Å². The van der Waals surface area contributed by atoms with Gasteiger partial charge in [0.05, 0.1) is 17.8 Å². The summed E-state index contributed by atoms with van der Waals surface area (Å²) in [6, 6.07) is 29.5. The Kier molecular flexibility index (Phi) is 6.43. The molecule has 0 bridgehead atoms. The molecule has 0 unspecified atom stereocenters. The second kappa shape index (κ2) is 9.80. The Morgan fingerprint density at radius 3 is 2.40 bits per heavy atom. The summed E-state index contributed by atoms with van der Waals surface area (Å²) in [6.07, 6.45) is 0. The van der Waals surface area contributed by atoms with Crippen molar-refractivity contribution >= 4 is 29.3 Å². The molecule has 1 aliphatic rings. The number of amides is 2. The van der Waals surface area contributed by atoms with E-state index in [9.17, 15) is 9.59 Å². The van der Waals surface area contributed by atoms with Crippen LogP contribution in [0.2, 0.25) is 0 Å². The minimum absolute atomic E-state index is 0.0627. The van der Waals surface area contributed by atoms with E-state index >= 15 is 0 Å². The number of carbonyl (C=O) groups excluding carboxylic acids is 2. The largest absolute Gasteiger partial charge is 0.348 e. The van der Waals surface area contributed by atoms with Gasteiger partial charge in [-0.2, -0.15) is 0 Å². The first-order chi connectivity index (χ1) is 17.0. The lowest BCUT2D eigenvalue weighted by molar-refractivity contribution is 0.0947. The number of aryl methyl sites for hydroxylation is 2. The molecule has 4 nitrogen and oxygen atoms in total. The van der Waals surface area contributed by atoms with Crippen LogP contribution in [0.5, 0.6) is 0 Å². The van der Waals surface area contributed by atoms with Crippen molar-refractivity contribution in [2.24, 2.45) is 0 Å². The molecule has 0 saturated carbocycles. The van der Waals surface area contributed by atoms with E-state index in [-0.39, 0.29) is 11.8 Å². The molecule has 0 atom stereocenters. The number of carbonyl (C=O) groups is 2. The molecule has 0 radical (unpaired) electrons. The maximum atomic E-state index is 13.7. The van der Waals surface area contributed by atoms with Crippen LogP contribution in [0.1, 0.15) is 43.0 Å². The summed E-state index contributed by atoms with van der Waals surface area (Å²) in [5.41, 5.74) is 6.38. The van der Waals surface area contributed by atoms with Crippen molar-refractivity contribution in [3.05, 3.63) is 124 Å². The highest BCUT2D eigenvalue weighted by Crippen LogP contribution is 2.42. The smallest absolute Gasteiger partial charge is 0.259 e. The molecule has 1 heterocycles. The lowest BCUT2D eigenvalue weighted by atomic mass is 10.1. The van der Waals surface area contributed by atoms with Crippen molar-refractivity contribution in [3.63, 3.8) is 0 Å². The second-order valence-electron chi connectivity index (χ2n) is 8.77. The van der Waals surface area contributed by atoms with Crippen molar-refractivity contribution in [2.75, 3.05) is 4.90 Å². The number of nitrogens with zero attached hydrogens (tertiary/aromatic N) is 1. The highest BCUT2D eigenvalue weighted by atomic mass is 32.2. The van der Waals surface area contributed by atoms with Crippen LogP contribution in [0.4, 0.5) is 5.69 Å². The topological polar surface area (TPSA) is 49.4 Å². The quantitative estimate of drug-likeness (QED) is 0.354. The summed E-state index contributed by atoms with van der Waals surface area (Å²) < 4.78 is 0. The van der Waals surface area contributed by atoms with Gasteiger partial charge in [0.2, 0.25) is 0 Å². The first-order valence-electron chi connectivity index (χ1n) is 11.6. The number of hydrogen-bond donors (Lipinski definition) is 1. The molecule has 5 rings (SSSR count). The molecule has 4 aromatic rings. The zero-order valence-corrected chi connectivity index (χ0v) is 20.6. The van der Waals surface area contributed by atoms with Gasteiger partial charge in [-0.3, -0.25) is 9.59 Å². The van der Waals surface area contributed by atoms with Crippen LogP contribution in [-0.2, 0) is 13.1 Å². The molecule has 5 heteroatoms. The van der Waals surface area contributed by atoms with Crippen LogP contribution >= 0.6 is 11.8 Å². The van der Waals surface area contributed by atoms with Crippen LogP contribution < -0.4 is 10.2 Å². The first-order valence-corrected chi connectivity index (χ1v) is 12.4. The summed E-state index contributed by atoms with van der Waals surface area (Å²) >= 11 is 1.56. The van der Waals surface area contributed by atoms with Gasteiger partial charge < -0.3 is 10.2 Å². The summed E-state index contributed by atoms with van der Waals surface area (Å²) in [5, 5.41) is 3.01. The normalized spacial score (nSPS) is 12.5. The van der Waals surface area contributed by atoms with Crippen LogP contribution in [-0.4, -0.2) is 11.8 Å². The molecule has 0 spiro atoms. The summed E-state index contributed by atoms with van der Waals surface area (Å²) in [5.74, 6) is -0.226. The van der Waals surface area contributed by atoms with Crippen molar-refractivity contribution in [2.45, 2.75) is 36.7 Å². The standard InChI is InChI=1S/C30H26N2O2S/c1-20-11-13-22(14-12-20)18-31-29(33)23-15-16-28-26(17-23)32(19-24-8-4-3-7-21(24)2)30(34)25-9-5-6-10-27(25)35-28/h3-17H,18-19H2,1-2H3,(H,31,33). The zero-order valence-electron chi connectivity index (χ0n) is 19.7. The fraction of sp³-hybridized carbons (Fsp3) is 0.133. The van der Waals surface area contributed by atoms with Crippen LogP contribution in [0.3, 0.4) is 0 Å². The SMILES string of the molecule is Cc1ccc(CNC(=O)c2ccc3c(c2)N(Cc2ccccc2C)C(=O)c2ccccc2S3)cc1. The molecule has 0 fully saturated rings. The predicted octanol–water partition coefficient (Wildman–Crippen LogP) is 6.55.